The summed E-state index contributed by atoms with van der Waals surface area (Å²) in [6.07, 6.45) is 0.245. The highest BCUT2D eigenvalue weighted by Gasteiger charge is 2.27. The highest BCUT2D eigenvalue weighted by molar-refractivity contribution is 7.99. The molecule has 0 radical (unpaired) electrons. The van der Waals surface area contributed by atoms with E-state index in [0.717, 1.165) is 17.1 Å². The summed E-state index contributed by atoms with van der Waals surface area (Å²) in [4.78, 5) is 29.1. The number of thioether (sulfide) groups is 1. The van der Waals surface area contributed by atoms with E-state index in [0.29, 0.717) is 16.6 Å². The van der Waals surface area contributed by atoms with Crippen LogP contribution < -0.4 is 16.2 Å². The maximum atomic E-state index is 12.5. The number of benzene rings is 2. The summed E-state index contributed by atoms with van der Waals surface area (Å²) in [5, 5.41) is 6.91. The van der Waals surface area contributed by atoms with Crippen molar-refractivity contribution in [2.24, 2.45) is 0 Å². The van der Waals surface area contributed by atoms with Crippen LogP contribution in [0.3, 0.4) is 0 Å². The molecule has 6 nitrogen and oxygen atoms in total. The number of rotatable bonds is 5. The van der Waals surface area contributed by atoms with Crippen LogP contribution in [0.2, 0.25) is 0 Å². The van der Waals surface area contributed by atoms with E-state index in [4.69, 9.17) is 0 Å². The average Bonchev–Trinajstić information content (AvgIpc) is 3.07. The van der Waals surface area contributed by atoms with Crippen molar-refractivity contribution < 1.29 is 4.79 Å². The van der Waals surface area contributed by atoms with Gasteiger partial charge in [0.2, 0.25) is 5.91 Å². The molecule has 1 unspecified atom stereocenters. The highest BCUT2D eigenvalue weighted by Crippen LogP contribution is 2.32. The number of anilines is 3. The molecule has 7 heteroatoms. The first-order valence-electron chi connectivity index (χ1n) is 9.03. The maximum Gasteiger partial charge on any atom is 0.254 e. The number of aromatic nitrogens is 2. The number of hydrogen-bond donors (Lipinski definition) is 2. The molecule has 1 aliphatic rings. The molecule has 1 atom stereocenters. The van der Waals surface area contributed by atoms with Crippen molar-refractivity contribution in [1.82, 2.24) is 9.55 Å². The Bertz CT molecular complexity index is 1050. The molecule has 1 aliphatic heterocycles. The van der Waals surface area contributed by atoms with Crippen LogP contribution in [0.4, 0.5) is 17.1 Å². The van der Waals surface area contributed by atoms with Gasteiger partial charge in [-0.3, -0.25) is 14.2 Å². The molecule has 0 saturated carbocycles. The number of carbonyl (C=O) groups is 1. The molecule has 1 amide bonds. The summed E-state index contributed by atoms with van der Waals surface area (Å²) in [6.45, 7) is 1.80. The Balaban J connectivity index is 1.38. The van der Waals surface area contributed by atoms with Gasteiger partial charge in [0.1, 0.15) is 0 Å². The van der Waals surface area contributed by atoms with Crippen LogP contribution in [0.25, 0.3) is 0 Å². The second-order valence-corrected chi connectivity index (χ2v) is 7.66. The molecule has 142 valence electrons. The Hall–Kier alpha value is -3.06. The largest absolute Gasteiger partial charge is 0.356 e. The van der Waals surface area contributed by atoms with E-state index in [1.54, 1.807) is 11.5 Å². The molecule has 0 aliphatic carbocycles. The molecule has 2 N–H and O–H groups in total. The minimum Gasteiger partial charge on any atom is -0.356 e. The van der Waals surface area contributed by atoms with Crippen LogP contribution in [0, 0.1) is 6.92 Å². The van der Waals surface area contributed by atoms with Crippen molar-refractivity contribution in [1.29, 1.82) is 0 Å². The van der Waals surface area contributed by atoms with Gasteiger partial charge in [0.05, 0.1) is 6.04 Å². The molecule has 0 saturated heterocycles. The van der Waals surface area contributed by atoms with Gasteiger partial charge in [0.25, 0.3) is 5.56 Å². The zero-order valence-electron chi connectivity index (χ0n) is 15.4. The minimum atomic E-state index is -0.167. The van der Waals surface area contributed by atoms with Crippen LogP contribution in [-0.4, -0.2) is 21.2 Å². The Kier molecular flexibility index (Phi) is 5.16. The van der Waals surface area contributed by atoms with Crippen molar-refractivity contribution >= 4 is 34.7 Å². The van der Waals surface area contributed by atoms with Gasteiger partial charge in [-0.1, -0.05) is 30.0 Å². The van der Waals surface area contributed by atoms with Crippen molar-refractivity contribution in [3.8, 4) is 0 Å². The SMILES string of the molecule is Cc1cc(=O)n2c(n1)SCC2CC(=O)Nc1ccc(Nc2ccccc2)cc1. The fraction of sp³-hybridized carbons (Fsp3) is 0.190. The summed E-state index contributed by atoms with van der Waals surface area (Å²) < 4.78 is 1.63. The van der Waals surface area contributed by atoms with Gasteiger partial charge in [-0.25, -0.2) is 4.98 Å². The maximum absolute atomic E-state index is 12.5. The second kappa shape index (κ2) is 7.90. The van der Waals surface area contributed by atoms with Crippen LogP contribution in [0.15, 0.2) is 70.6 Å². The van der Waals surface area contributed by atoms with Gasteiger partial charge in [0, 0.05) is 41.0 Å². The lowest BCUT2D eigenvalue weighted by molar-refractivity contribution is -0.116. The molecule has 2 heterocycles. The molecule has 2 aromatic carbocycles. The number of hydrogen-bond acceptors (Lipinski definition) is 5. The van der Waals surface area contributed by atoms with E-state index in [2.05, 4.69) is 15.6 Å². The van der Waals surface area contributed by atoms with Gasteiger partial charge in [-0.05, 0) is 43.3 Å². The van der Waals surface area contributed by atoms with Gasteiger partial charge >= 0.3 is 0 Å². The molecule has 0 fully saturated rings. The predicted molar refractivity (Wildman–Crippen MR) is 112 cm³/mol. The van der Waals surface area contributed by atoms with E-state index >= 15 is 0 Å². The molecule has 3 aromatic rings. The average molecular weight is 392 g/mol. The second-order valence-electron chi connectivity index (χ2n) is 6.67. The fourth-order valence-electron chi connectivity index (χ4n) is 3.16. The standard InChI is InChI=1S/C21H20N4O2S/c1-14-11-20(27)25-18(13-28-21(25)22-14)12-19(26)24-17-9-7-16(8-10-17)23-15-5-3-2-4-6-15/h2-11,18,23H,12-13H2,1H3,(H,24,26). The number of carbonyl (C=O) groups excluding carboxylic acids is 1. The van der Waals surface area contributed by atoms with Crippen molar-refractivity contribution in [2.75, 3.05) is 16.4 Å². The normalized spacial score (nSPS) is 15.1. The zero-order valence-corrected chi connectivity index (χ0v) is 16.2. The van der Waals surface area contributed by atoms with E-state index in [-0.39, 0.29) is 23.9 Å². The van der Waals surface area contributed by atoms with E-state index in [1.165, 1.54) is 17.8 Å². The molecular formula is C21H20N4O2S. The van der Waals surface area contributed by atoms with Gasteiger partial charge in [-0.2, -0.15) is 0 Å². The van der Waals surface area contributed by atoms with Crippen LogP contribution >= 0.6 is 11.8 Å². The first kappa shape index (κ1) is 18.3. The first-order chi connectivity index (χ1) is 13.6. The third-order valence-corrected chi connectivity index (χ3v) is 5.57. The Morgan fingerprint density at radius 3 is 2.54 bits per heavy atom. The van der Waals surface area contributed by atoms with Crippen LogP contribution in [0.5, 0.6) is 0 Å². The lowest BCUT2D eigenvalue weighted by Gasteiger charge is -2.13. The lowest BCUT2D eigenvalue weighted by Crippen LogP contribution is -2.27. The Labute approximate surface area is 167 Å². The predicted octanol–water partition coefficient (Wildman–Crippen LogP) is 3.97. The van der Waals surface area contributed by atoms with E-state index in [9.17, 15) is 9.59 Å². The number of amides is 1. The monoisotopic (exact) mass is 392 g/mol. The third kappa shape index (κ3) is 4.09. The quantitative estimate of drug-likeness (QED) is 0.643. The van der Waals surface area contributed by atoms with Crippen LogP contribution in [0.1, 0.15) is 18.2 Å². The van der Waals surface area contributed by atoms with Crippen molar-refractivity contribution in [2.45, 2.75) is 24.5 Å². The van der Waals surface area contributed by atoms with E-state index < -0.39 is 0 Å². The summed E-state index contributed by atoms with van der Waals surface area (Å²) in [5.41, 5.74) is 3.29. The molecule has 0 bridgehead atoms. The lowest BCUT2D eigenvalue weighted by atomic mass is 10.2. The van der Waals surface area contributed by atoms with Crippen molar-refractivity contribution in [3.05, 3.63) is 76.7 Å². The Morgan fingerprint density at radius 1 is 1.11 bits per heavy atom. The molecular weight excluding hydrogens is 372 g/mol. The van der Waals surface area contributed by atoms with E-state index in [1.807, 2.05) is 54.6 Å². The number of nitrogens with one attached hydrogen (secondary N) is 2. The smallest absolute Gasteiger partial charge is 0.254 e. The zero-order chi connectivity index (χ0) is 19.5. The highest BCUT2D eigenvalue weighted by atomic mass is 32.2. The summed E-state index contributed by atoms with van der Waals surface area (Å²) >= 11 is 1.52. The molecule has 28 heavy (non-hydrogen) atoms. The third-order valence-electron chi connectivity index (χ3n) is 4.47. The topological polar surface area (TPSA) is 76.0 Å². The van der Waals surface area contributed by atoms with Crippen molar-refractivity contribution in [3.63, 3.8) is 0 Å². The Morgan fingerprint density at radius 2 is 1.79 bits per heavy atom. The van der Waals surface area contributed by atoms with Gasteiger partial charge < -0.3 is 10.6 Å². The summed E-state index contributed by atoms with van der Waals surface area (Å²) in [6, 6.07) is 18.8. The minimum absolute atomic E-state index is 0.0957. The number of para-hydroxylation sites is 1. The molecule has 0 spiro atoms. The fourth-order valence-corrected chi connectivity index (χ4v) is 4.36. The molecule has 1 aromatic heterocycles. The van der Waals surface area contributed by atoms with Gasteiger partial charge in [-0.15, -0.1) is 0 Å². The first-order valence-corrected chi connectivity index (χ1v) is 10.0. The molecule has 4 rings (SSSR count). The number of fused-ring (bicyclic) bond motifs is 1. The number of nitrogens with zero attached hydrogens (tertiary/aromatic N) is 2. The summed E-state index contributed by atoms with van der Waals surface area (Å²) in [7, 11) is 0. The van der Waals surface area contributed by atoms with Gasteiger partial charge in [0.15, 0.2) is 5.16 Å². The van der Waals surface area contributed by atoms with Crippen LogP contribution in [-0.2, 0) is 4.79 Å². The number of aryl methyl sites for hydroxylation is 1. The summed E-state index contributed by atoms with van der Waals surface area (Å²) in [5.74, 6) is 0.564.